The average molecular weight is 289 g/mol. The Bertz CT molecular complexity index is 494. The van der Waals surface area contributed by atoms with Crippen molar-refractivity contribution >= 4 is 11.7 Å². The highest BCUT2D eigenvalue weighted by molar-refractivity contribution is 6.02. The van der Waals surface area contributed by atoms with Gasteiger partial charge in [0, 0.05) is 29.6 Å². The van der Waals surface area contributed by atoms with E-state index in [-0.39, 0.29) is 11.7 Å². The molecule has 0 bridgehead atoms. The van der Waals surface area contributed by atoms with Crippen molar-refractivity contribution in [2.45, 2.75) is 47.5 Å². The van der Waals surface area contributed by atoms with Crippen LogP contribution in [0.1, 0.15) is 68.2 Å². The molecule has 0 spiro atoms. The number of hydrogen-bond donors (Lipinski definition) is 0. The molecule has 116 valence electrons. The molecule has 0 aliphatic rings. The highest BCUT2D eigenvalue weighted by Gasteiger charge is 2.24. The minimum absolute atomic E-state index is 0.0160. The number of benzene rings is 1. The number of hydrogen-bond acceptors (Lipinski definition) is 2. The van der Waals surface area contributed by atoms with Crippen molar-refractivity contribution in [1.29, 1.82) is 0 Å². The van der Waals surface area contributed by atoms with E-state index < -0.39 is 5.41 Å². The molecule has 0 aromatic heterocycles. The molecule has 0 heterocycles. The van der Waals surface area contributed by atoms with Gasteiger partial charge in [-0.15, -0.1) is 0 Å². The Morgan fingerprint density at radius 1 is 1.00 bits per heavy atom. The zero-order chi connectivity index (χ0) is 16.0. The average Bonchev–Trinajstić information content (AvgIpc) is 2.44. The molecule has 0 atom stereocenters. The second kappa shape index (κ2) is 7.39. The van der Waals surface area contributed by atoms with Gasteiger partial charge in [0.15, 0.2) is 5.78 Å². The van der Waals surface area contributed by atoms with E-state index in [0.717, 1.165) is 25.9 Å². The molecule has 1 rings (SSSR count). The maximum absolute atomic E-state index is 12.6. The first-order valence-corrected chi connectivity index (χ1v) is 7.75. The van der Waals surface area contributed by atoms with Crippen molar-refractivity contribution < 1.29 is 9.59 Å². The summed E-state index contributed by atoms with van der Waals surface area (Å²) in [5.74, 6) is 0.0805. The normalized spacial score (nSPS) is 11.3. The van der Waals surface area contributed by atoms with Crippen molar-refractivity contribution in [2.75, 3.05) is 13.1 Å². The van der Waals surface area contributed by atoms with Crippen LogP contribution < -0.4 is 0 Å². The van der Waals surface area contributed by atoms with Gasteiger partial charge < -0.3 is 4.90 Å². The Morgan fingerprint density at radius 2 is 1.52 bits per heavy atom. The van der Waals surface area contributed by atoms with Crippen LogP contribution in [0.4, 0.5) is 0 Å². The Morgan fingerprint density at radius 3 is 2.00 bits per heavy atom. The summed E-state index contributed by atoms with van der Waals surface area (Å²) in [5, 5.41) is 0. The minimum Gasteiger partial charge on any atom is -0.339 e. The van der Waals surface area contributed by atoms with Crippen LogP contribution in [0, 0.1) is 5.41 Å². The van der Waals surface area contributed by atoms with E-state index in [1.165, 1.54) is 0 Å². The molecule has 1 aromatic rings. The van der Waals surface area contributed by atoms with E-state index in [1.807, 2.05) is 25.7 Å². The molecule has 21 heavy (non-hydrogen) atoms. The highest BCUT2D eigenvalue weighted by atomic mass is 16.2. The molecule has 3 nitrogen and oxygen atoms in total. The van der Waals surface area contributed by atoms with Gasteiger partial charge in [0.1, 0.15) is 0 Å². The maximum Gasteiger partial charge on any atom is 0.253 e. The SMILES string of the molecule is CCCN(CCC)C(=O)c1cccc(C(=O)C(C)(C)C)c1. The van der Waals surface area contributed by atoms with Crippen LogP contribution in [-0.2, 0) is 0 Å². The van der Waals surface area contributed by atoms with E-state index in [9.17, 15) is 9.59 Å². The second-order valence-corrected chi connectivity index (χ2v) is 6.45. The van der Waals surface area contributed by atoms with Crippen LogP contribution in [0.2, 0.25) is 0 Å². The Labute approximate surface area is 128 Å². The van der Waals surface area contributed by atoms with Crippen molar-refractivity contribution in [3.05, 3.63) is 35.4 Å². The van der Waals surface area contributed by atoms with E-state index >= 15 is 0 Å². The van der Waals surface area contributed by atoms with E-state index in [4.69, 9.17) is 0 Å². The molecule has 1 aromatic carbocycles. The van der Waals surface area contributed by atoms with Crippen LogP contribution in [0.5, 0.6) is 0 Å². The summed E-state index contributed by atoms with van der Waals surface area (Å²) < 4.78 is 0. The zero-order valence-corrected chi connectivity index (χ0v) is 13.9. The molecule has 0 saturated heterocycles. The second-order valence-electron chi connectivity index (χ2n) is 6.45. The number of amides is 1. The number of carbonyl (C=O) groups excluding carboxylic acids is 2. The number of Topliss-reactive ketones (excluding diaryl/α,β-unsaturated/α-hetero) is 1. The lowest BCUT2D eigenvalue weighted by Crippen LogP contribution is -2.32. The topological polar surface area (TPSA) is 37.4 Å². The van der Waals surface area contributed by atoms with Gasteiger partial charge in [-0.1, -0.05) is 46.8 Å². The summed E-state index contributed by atoms with van der Waals surface area (Å²) in [6.07, 6.45) is 1.87. The first-order valence-electron chi connectivity index (χ1n) is 7.75. The van der Waals surface area contributed by atoms with Gasteiger partial charge in [0.05, 0.1) is 0 Å². The van der Waals surface area contributed by atoms with Gasteiger partial charge in [0.2, 0.25) is 0 Å². The molecule has 0 saturated carbocycles. The lowest BCUT2D eigenvalue weighted by Gasteiger charge is -2.22. The van der Waals surface area contributed by atoms with Crippen molar-refractivity contribution in [1.82, 2.24) is 4.90 Å². The summed E-state index contributed by atoms with van der Waals surface area (Å²) in [4.78, 5) is 26.8. The van der Waals surface area contributed by atoms with Gasteiger partial charge >= 0.3 is 0 Å². The zero-order valence-electron chi connectivity index (χ0n) is 13.9. The molecule has 0 unspecified atom stereocenters. The quantitative estimate of drug-likeness (QED) is 0.737. The third-order valence-corrected chi connectivity index (χ3v) is 3.33. The fourth-order valence-corrected chi connectivity index (χ4v) is 2.26. The molecular weight excluding hydrogens is 262 g/mol. The molecule has 0 N–H and O–H groups in total. The Balaban J connectivity index is 3.03. The Hall–Kier alpha value is -1.64. The molecular formula is C18H27NO2. The Kier molecular flexibility index (Phi) is 6.13. The largest absolute Gasteiger partial charge is 0.339 e. The first kappa shape index (κ1) is 17.4. The summed E-state index contributed by atoms with van der Waals surface area (Å²) >= 11 is 0. The minimum atomic E-state index is -0.436. The molecule has 0 fully saturated rings. The van der Waals surface area contributed by atoms with Crippen LogP contribution in [0.15, 0.2) is 24.3 Å². The van der Waals surface area contributed by atoms with Crippen LogP contribution in [0.3, 0.4) is 0 Å². The summed E-state index contributed by atoms with van der Waals surface area (Å²) in [5.41, 5.74) is 0.780. The van der Waals surface area contributed by atoms with Gasteiger partial charge in [-0.25, -0.2) is 0 Å². The van der Waals surface area contributed by atoms with Gasteiger partial charge in [0.25, 0.3) is 5.91 Å². The summed E-state index contributed by atoms with van der Waals surface area (Å²) in [6, 6.07) is 7.10. The fourth-order valence-electron chi connectivity index (χ4n) is 2.26. The van der Waals surface area contributed by atoms with Crippen molar-refractivity contribution in [3.8, 4) is 0 Å². The molecule has 0 aliphatic carbocycles. The van der Waals surface area contributed by atoms with Crippen molar-refractivity contribution in [3.63, 3.8) is 0 Å². The highest BCUT2D eigenvalue weighted by Crippen LogP contribution is 2.21. The standard InChI is InChI=1S/C18H27NO2/c1-6-11-19(12-7-2)17(21)15-10-8-9-14(13-15)16(20)18(3,4)5/h8-10,13H,6-7,11-12H2,1-5H3. The van der Waals surface area contributed by atoms with Crippen LogP contribution in [0.25, 0.3) is 0 Å². The number of rotatable bonds is 6. The van der Waals surface area contributed by atoms with Gasteiger partial charge in [-0.3, -0.25) is 9.59 Å². The first-order chi connectivity index (χ1) is 9.81. The molecule has 0 radical (unpaired) electrons. The summed E-state index contributed by atoms with van der Waals surface area (Å²) in [7, 11) is 0. The molecule has 0 aliphatic heterocycles. The summed E-state index contributed by atoms with van der Waals surface area (Å²) in [6.45, 7) is 11.3. The van der Waals surface area contributed by atoms with Crippen LogP contribution in [-0.4, -0.2) is 29.7 Å². The maximum atomic E-state index is 12.6. The molecule has 1 amide bonds. The van der Waals surface area contributed by atoms with E-state index in [1.54, 1.807) is 24.3 Å². The number of ketones is 1. The van der Waals surface area contributed by atoms with Gasteiger partial charge in [-0.05, 0) is 25.0 Å². The fraction of sp³-hybridized carbons (Fsp3) is 0.556. The third kappa shape index (κ3) is 4.69. The third-order valence-electron chi connectivity index (χ3n) is 3.33. The smallest absolute Gasteiger partial charge is 0.253 e. The number of carbonyl (C=O) groups is 2. The lowest BCUT2D eigenvalue weighted by molar-refractivity contribution is 0.0755. The predicted octanol–water partition coefficient (Wildman–Crippen LogP) is 4.18. The monoisotopic (exact) mass is 289 g/mol. The van der Waals surface area contributed by atoms with E-state index in [0.29, 0.717) is 11.1 Å². The number of nitrogens with zero attached hydrogens (tertiary/aromatic N) is 1. The van der Waals surface area contributed by atoms with Crippen LogP contribution >= 0.6 is 0 Å². The van der Waals surface area contributed by atoms with Crippen molar-refractivity contribution in [2.24, 2.45) is 5.41 Å². The molecule has 3 heteroatoms. The van der Waals surface area contributed by atoms with Gasteiger partial charge in [-0.2, -0.15) is 0 Å². The predicted molar refractivity (Wildman–Crippen MR) is 86.7 cm³/mol. The van der Waals surface area contributed by atoms with E-state index in [2.05, 4.69) is 13.8 Å². The lowest BCUT2D eigenvalue weighted by atomic mass is 9.86.